The maximum Gasteiger partial charge on any atom is 0.338 e. The third-order valence-corrected chi connectivity index (χ3v) is 7.55. The van der Waals surface area contributed by atoms with E-state index in [1.54, 1.807) is 16.5 Å². The number of nitrogens with zero attached hydrogens (tertiary/aromatic N) is 3. The van der Waals surface area contributed by atoms with Crippen LogP contribution in [-0.2, 0) is 14.3 Å². The number of likely N-dealkylation sites (tertiary alicyclic amines) is 1. The Balaban J connectivity index is 1.71. The van der Waals surface area contributed by atoms with Crippen molar-refractivity contribution in [1.82, 2.24) is 15.2 Å². The van der Waals surface area contributed by atoms with Gasteiger partial charge in [0.05, 0.1) is 19.2 Å². The second kappa shape index (κ2) is 11.8. The number of aliphatic imine (C=N–C) groups is 1. The number of rotatable bonds is 10. The number of amidine groups is 1. The Labute approximate surface area is 226 Å². The number of alkyl halides is 2. The van der Waals surface area contributed by atoms with Gasteiger partial charge in [-0.2, -0.15) is 0 Å². The maximum atomic E-state index is 14.5. The van der Waals surface area contributed by atoms with Gasteiger partial charge in [-0.3, -0.25) is 14.7 Å². The predicted octanol–water partition coefficient (Wildman–Crippen LogP) is 4.81. The van der Waals surface area contributed by atoms with Crippen LogP contribution < -0.4 is 5.32 Å². The molecule has 1 saturated heterocycles. The highest BCUT2D eigenvalue weighted by Gasteiger charge is 2.45. The first kappa shape index (κ1) is 28.1. The lowest BCUT2D eigenvalue weighted by Crippen LogP contribution is -2.41. The van der Waals surface area contributed by atoms with Crippen molar-refractivity contribution in [2.45, 2.75) is 50.1 Å². The van der Waals surface area contributed by atoms with Crippen LogP contribution in [0.4, 0.5) is 13.2 Å². The number of ether oxygens (including phenoxy) is 1. The van der Waals surface area contributed by atoms with Crippen LogP contribution >= 0.6 is 22.9 Å². The van der Waals surface area contributed by atoms with Gasteiger partial charge in [-0.15, -0.1) is 11.3 Å². The number of nitrogens with one attached hydrogen (secondary N) is 1. The molecule has 2 aliphatic rings. The van der Waals surface area contributed by atoms with E-state index in [2.05, 4.69) is 15.3 Å². The lowest BCUT2D eigenvalue weighted by molar-refractivity contribution is -0.137. The number of carboxylic acid groups (broad SMARTS) is 1. The molecule has 2 aromatic rings. The zero-order valence-electron chi connectivity index (χ0n) is 20.4. The molecule has 0 unspecified atom stereocenters. The van der Waals surface area contributed by atoms with Gasteiger partial charge in [0, 0.05) is 53.3 Å². The molecule has 0 aliphatic carbocycles. The Morgan fingerprint density at radius 2 is 2.13 bits per heavy atom. The SMILES string of the molecule is COC(=O)C1=C(CN2CC(F)(F)C[C@@H]2CCCCC(=O)O)NC(c2nccs2)=N[C@H]1c1ccc(F)cc1Cl. The van der Waals surface area contributed by atoms with Crippen LogP contribution in [0.5, 0.6) is 0 Å². The van der Waals surface area contributed by atoms with Crippen molar-refractivity contribution in [3.63, 3.8) is 0 Å². The van der Waals surface area contributed by atoms with Crippen LogP contribution in [0.1, 0.15) is 48.7 Å². The summed E-state index contributed by atoms with van der Waals surface area (Å²) in [6.07, 6.45) is 2.41. The summed E-state index contributed by atoms with van der Waals surface area (Å²) in [7, 11) is 1.20. The van der Waals surface area contributed by atoms with E-state index >= 15 is 0 Å². The molecule has 0 amide bonds. The van der Waals surface area contributed by atoms with Gasteiger partial charge in [-0.1, -0.05) is 24.1 Å². The molecule has 38 heavy (non-hydrogen) atoms. The molecular weight excluding hydrogens is 545 g/mol. The summed E-state index contributed by atoms with van der Waals surface area (Å²) in [6.45, 7) is -0.578. The third kappa shape index (κ3) is 6.54. The molecule has 1 aromatic heterocycles. The van der Waals surface area contributed by atoms with Gasteiger partial charge >= 0.3 is 11.9 Å². The zero-order valence-corrected chi connectivity index (χ0v) is 22.0. The van der Waals surface area contributed by atoms with Crippen LogP contribution in [0, 0.1) is 5.82 Å². The molecule has 3 heterocycles. The van der Waals surface area contributed by atoms with Crippen LogP contribution in [0.15, 0.2) is 46.0 Å². The number of carbonyl (C=O) groups is 2. The van der Waals surface area contributed by atoms with Crippen LogP contribution in [0.3, 0.4) is 0 Å². The fraction of sp³-hybridized carbons (Fsp3) is 0.440. The molecule has 1 fully saturated rings. The fourth-order valence-corrected chi connectivity index (χ4v) is 5.62. The standard InChI is InChI=1S/C25H26ClF3N4O4S/c1-37-24(36)20-18(12-33-13-25(28,29)11-15(33)4-2-3-5-19(34)35)31-22(23-30-8-9-38-23)32-21(20)16-7-6-14(27)10-17(16)26/h6-10,15,21H,2-5,11-13H2,1H3,(H,31,32)(H,34,35)/t15-,21-/m0/s1. The molecule has 204 valence electrons. The molecule has 8 nitrogen and oxygen atoms in total. The molecule has 0 radical (unpaired) electrons. The number of hydrogen-bond acceptors (Lipinski definition) is 8. The van der Waals surface area contributed by atoms with Crippen LogP contribution in [-0.4, -0.2) is 64.9 Å². The molecule has 4 rings (SSSR count). The number of benzene rings is 1. The number of aromatic nitrogens is 1. The zero-order chi connectivity index (χ0) is 27.4. The van der Waals surface area contributed by atoms with E-state index in [9.17, 15) is 22.8 Å². The minimum atomic E-state index is -2.94. The Morgan fingerprint density at radius 1 is 1.34 bits per heavy atom. The van der Waals surface area contributed by atoms with E-state index in [4.69, 9.17) is 21.4 Å². The predicted molar refractivity (Wildman–Crippen MR) is 136 cm³/mol. The number of hydrogen-bond donors (Lipinski definition) is 2. The van der Waals surface area contributed by atoms with Crippen molar-refractivity contribution >= 4 is 40.7 Å². The fourth-order valence-electron chi connectivity index (χ4n) is 4.76. The number of esters is 1. The third-order valence-electron chi connectivity index (χ3n) is 6.45. The molecular formula is C25H26ClF3N4O4S. The van der Waals surface area contributed by atoms with E-state index in [1.807, 2.05) is 0 Å². The number of halogens is 4. The van der Waals surface area contributed by atoms with Crippen molar-refractivity contribution in [2.75, 3.05) is 20.2 Å². The number of thiazole rings is 1. The highest BCUT2D eigenvalue weighted by molar-refractivity contribution is 7.11. The van der Waals surface area contributed by atoms with Crippen molar-refractivity contribution in [2.24, 2.45) is 4.99 Å². The Hall–Kier alpha value is -2.96. The Morgan fingerprint density at radius 3 is 2.79 bits per heavy atom. The normalized spacial score (nSPS) is 21.2. The van der Waals surface area contributed by atoms with Crippen LogP contribution in [0.25, 0.3) is 0 Å². The molecule has 13 heteroatoms. The molecule has 1 aromatic carbocycles. The average molecular weight is 571 g/mol. The van der Waals surface area contributed by atoms with Gasteiger partial charge < -0.3 is 15.2 Å². The highest BCUT2D eigenvalue weighted by atomic mass is 35.5. The molecule has 2 N–H and O–H groups in total. The molecule has 2 atom stereocenters. The monoisotopic (exact) mass is 570 g/mol. The second-order valence-electron chi connectivity index (χ2n) is 9.15. The number of unbranched alkanes of at least 4 members (excludes halogenated alkanes) is 1. The van der Waals surface area contributed by atoms with E-state index in [1.165, 1.54) is 30.6 Å². The quantitative estimate of drug-likeness (QED) is 0.312. The molecule has 0 spiro atoms. The number of carboxylic acids is 1. The number of methoxy groups -OCH3 is 1. The van der Waals surface area contributed by atoms with Gasteiger partial charge in [0.2, 0.25) is 0 Å². The van der Waals surface area contributed by atoms with Crippen molar-refractivity contribution in [3.8, 4) is 0 Å². The first-order valence-corrected chi connectivity index (χ1v) is 13.2. The van der Waals surface area contributed by atoms with Gasteiger partial charge in [0.1, 0.15) is 11.9 Å². The largest absolute Gasteiger partial charge is 0.481 e. The number of aliphatic carboxylic acids is 1. The van der Waals surface area contributed by atoms with E-state index in [-0.39, 0.29) is 30.0 Å². The Kier molecular flexibility index (Phi) is 8.74. The van der Waals surface area contributed by atoms with E-state index in [0.717, 1.165) is 6.07 Å². The smallest absolute Gasteiger partial charge is 0.338 e. The first-order valence-electron chi connectivity index (χ1n) is 11.9. The van der Waals surface area contributed by atoms with E-state index < -0.39 is 42.3 Å². The van der Waals surface area contributed by atoms with Crippen molar-refractivity contribution < 1.29 is 32.6 Å². The molecule has 2 aliphatic heterocycles. The summed E-state index contributed by atoms with van der Waals surface area (Å²) in [4.78, 5) is 34.4. The second-order valence-corrected chi connectivity index (χ2v) is 10.5. The summed E-state index contributed by atoms with van der Waals surface area (Å²) in [5, 5.41) is 14.3. The maximum absolute atomic E-state index is 14.5. The minimum Gasteiger partial charge on any atom is -0.481 e. The van der Waals surface area contributed by atoms with Gasteiger partial charge in [0.15, 0.2) is 10.8 Å². The van der Waals surface area contributed by atoms with Gasteiger partial charge in [0.25, 0.3) is 5.92 Å². The molecule has 0 saturated carbocycles. The molecule has 0 bridgehead atoms. The lowest BCUT2D eigenvalue weighted by atomic mass is 9.95. The van der Waals surface area contributed by atoms with E-state index in [0.29, 0.717) is 41.4 Å². The number of carbonyl (C=O) groups excluding carboxylic acids is 1. The average Bonchev–Trinajstić information content (AvgIpc) is 3.48. The van der Waals surface area contributed by atoms with Gasteiger partial charge in [-0.25, -0.2) is 22.9 Å². The summed E-state index contributed by atoms with van der Waals surface area (Å²) in [5.41, 5.74) is 0.718. The first-order chi connectivity index (χ1) is 18.1. The lowest BCUT2D eigenvalue weighted by Gasteiger charge is -2.31. The van der Waals surface area contributed by atoms with Crippen molar-refractivity contribution in [3.05, 3.63) is 62.5 Å². The van der Waals surface area contributed by atoms with Crippen molar-refractivity contribution in [1.29, 1.82) is 0 Å². The summed E-state index contributed by atoms with van der Waals surface area (Å²) in [6, 6.07) is 2.21. The highest BCUT2D eigenvalue weighted by Crippen LogP contribution is 2.39. The minimum absolute atomic E-state index is 0.0317. The van der Waals surface area contributed by atoms with Gasteiger partial charge in [-0.05, 0) is 25.0 Å². The summed E-state index contributed by atoms with van der Waals surface area (Å²) >= 11 is 7.64. The Bertz CT molecular complexity index is 1260. The van der Waals surface area contributed by atoms with Crippen LogP contribution in [0.2, 0.25) is 5.02 Å². The summed E-state index contributed by atoms with van der Waals surface area (Å²) in [5.74, 6) is -4.85. The summed E-state index contributed by atoms with van der Waals surface area (Å²) < 4.78 is 47.9. The topological polar surface area (TPSA) is 104 Å².